The second-order valence-electron chi connectivity index (χ2n) is 5.10. The Morgan fingerprint density at radius 1 is 1.04 bits per heavy atom. The fourth-order valence-electron chi connectivity index (χ4n) is 2.08. The molecule has 0 unspecified atom stereocenters. The lowest BCUT2D eigenvalue weighted by atomic mass is 10.1. The highest BCUT2D eigenvalue weighted by molar-refractivity contribution is 7.89. The van der Waals surface area contributed by atoms with Crippen molar-refractivity contribution in [2.24, 2.45) is 0 Å². The molecule has 25 heavy (non-hydrogen) atoms. The second kappa shape index (κ2) is 7.85. The molecule has 2 rings (SSSR count). The Bertz CT molecular complexity index is 805. The van der Waals surface area contributed by atoms with Crippen molar-refractivity contribution >= 4 is 10.0 Å². The van der Waals surface area contributed by atoms with Crippen molar-refractivity contribution in [3.63, 3.8) is 0 Å². The fraction of sp³-hybridized carbons (Fsp3) is 0.250. The Balaban J connectivity index is 2.05. The number of benzene rings is 2. The average molecular weight is 375 g/mol. The van der Waals surface area contributed by atoms with Crippen molar-refractivity contribution in [1.29, 1.82) is 0 Å². The zero-order valence-corrected chi connectivity index (χ0v) is 14.0. The summed E-state index contributed by atoms with van der Waals surface area (Å²) in [6.45, 7) is 0.446. The summed E-state index contributed by atoms with van der Waals surface area (Å²) < 4.78 is 71.9. The Hall–Kier alpha value is -2.10. The van der Waals surface area contributed by atoms with Crippen LogP contribution in [0.1, 0.15) is 11.1 Å². The van der Waals surface area contributed by atoms with Crippen LogP contribution >= 0.6 is 0 Å². The van der Waals surface area contributed by atoms with Gasteiger partial charge in [0.1, 0.15) is 5.75 Å². The summed E-state index contributed by atoms with van der Waals surface area (Å²) in [6.07, 6.45) is -4.83. The summed E-state index contributed by atoms with van der Waals surface area (Å²) in [4.78, 5) is -0.157. The molecule has 1 N–H and O–H groups in total. The Morgan fingerprint density at radius 3 is 2.28 bits per heavy atom. The van der Waals surface area contributed by atoms with Gasteiger partial charge in [-0.15, -0.1) is 13.2 Å². The Morgan fingerprint density at radius 2 is 1.68 bits per heavy atom. The molecular formula is C16H16F3NO4S. The van der Waals surface area contributed by atoms with Crippen LogP contribution in [0.3, 0.4) is 0 Å². The highest BCUT2D eigenvalue weighted by Gasteiger charge is 2.31. The largest absolute Gasteiger partial charge is 0.573 e. The fourth-order valence-corrected chi connectivity index (χ4v) is 3.10. The number of hydrogen-bond donors (Lipinski definition) is 1. The van der Waals surface area contributed by atoms with E-state index in [1.807, 2.05) is 6.07 Å². The third-order valence-electron chi connectivity index (χ3n) is 3.14. The molecule has 0 atom stereocenters. The third kappa shape index (κ3) is 6.04. The van der Waals surface area contributed by atoms with Gasteiger partial charge in [0.25, 0.3) is 0 Å². The number of hydrogen-bond acceptors (Lipinski definition) is 4. The molecule has 0 amide bonds. The molecule has 0 aliphatic carbocycles. The minimum absolute atomic E-state index is 0.0424. The predicted octanol–water partition coefficient (Wildman–Crippen LogP) is 3.21. The van der Waals surface area contributed by atoms with E-state index in [2.05, 4.69) is 9.46 Å². The van der Waals surface area contributed by atoms with Crippen LogP contribution in [0.5, 0.6) is 5.75 Å². The zero-order chi connectivity index (χ0) is 18.5. The van der Waals surface area contributed by atoms with Gasteiger partial charge in [-0.2, -0.15) is 0 Å². The summed E-state index contributed by atoms with van der Waals surface area (Å²) in [5.74, 6) is -0.487. The summed E-state index contributed by atoms with van der Waals surface area (Å²) in [5.41, 5.74) is 1.63. The normalized spacial score (nSPS) is 12.2. The number of rotatable bonds is 7. The van der Waals surface area contributed by atoms with Crippen LogP contribution in [0, 0.1) is 0 Å². The van der Waals surface area contributed by atoms with Gasteiger partial charge in [-0.05, 0) is 35.4 Å². The second-order valence-corrected chi connectivity index (χ2v) is 6.86. The van der Waals surface area contributed by atoms with Crippen molar-refractivity contribution in [3.8, 4) is 5.75 Å². The lowest BCUT2D eigenvalue weighted by molar-refractivity contribution is -0.274. The lowest BCUT2D eigenvalue weighted by Crippen LogP contribution is -2.23. The van der Waals surface area contributed by atoms with Gasteiger partial charge in [0.2, 0.25) is 10.0 Å². The highest BCUT2D eigenvalue weighted by Crippen LogP contribution is 2.23. The van der Waals surface area contributed by atoms with Gasteiger partial charge in [-0.3, -0.25) is 0 Å². The van der Waals surface area contributed by atoms with E-state index in [1.165, 1.54) is 0 Å². The molecule has 136 valence electrons. The van der Waals surface area contributed by atoms with Crippen LogP contribution in [0.2, 0.25) is 0 Å². The summed E-state index contributed by atoms with van der Waals surface area (Å²) >= 11 is 0. The van der Waals surface area contributed by atoms with Crippen LogP contribution < -0.4 is 9.46 Å². The smallest absolute Gasteiger partial charge is 0.406 e. The molecule has 0 saturated carbocycles. The van der Waals surface area contributed by atoms with E-state index in [9.17, 15) is 21.6 Å². The first kappa shape index (κ1) is 19.2. The van der Waals surface area contributed by atoms with Crippen molar-refractivity contribution in [2.45, 2.75) is 24.4 Å². The van der Waals surface area contributed by atoms with Crippen molar-refractivity contribution in [3.05, 3.63) is 59.7 Å². The zero-order valence-electron chi connectivity index (χ0n) is 13.2. The van der Waals surface area contributed by atoms with Crippen molar-refractivity contribution < 1.29 is 31.1 Å². The van der Waals surface area contributed by atoms with E-state index >= 15 is 0 Å². The van der Waals surface area contributed by atoms with Crippen LogP contribution in [-0.2, 0) is 27.9 Å². The molecule has 5 nitrogen and oxygen atoms in total. The molecule has 0 aliphatic rings. The van der Waals surface area contributed by atoms with Crippen molar-refractivity contribution in [2.75, 3.05) is 7.11 Å². The molecule has 9 heteroatoms. The quantitative estimate of drug-likeness (QED) is 0.807. The molecule has 0 spiro atoms. The number of ether oxygens (including phenoxy) is 2. The van der Waals surface area contributed by atoms with Gasteiger partial charge in [0, 0.05) is 13.7 Å². The van der Waals surface area contributed by atoms with Crippen LogP contribution in [0.4, 0.5) is 13.2 Å². The third-order valence-corrected chi connectivity index (χ3v) is 4.55. The van der Waals surface area contributed by atoms with E-state index in [1.54, 1.807) is 25.3 Å². The maximum absolute atomic E-state index is 12.2. The number of nitrogens with one attached hydrogen (secondary N) is 1. The van der Waals surface area contributed by atoms with Gasteiger partial charge in [-0.25, -0.2) is 13.1 Å². The van der Waals surface area contributed by atoms with Crippen LogP contribution in [0.25, 0.3) is 0 Å². The van der Waals surface area contributed by atoms with Gasteiger partial charge in [0.15, 0.2) is 0 Å². The number of alkyl halides is 3. The molecule has 2 aromatic rings. The summed E-state index contributed by atoms with van der Waals surface area (Å²) in [5, 5.41) is 0. The number of sulfonamides is 1. The lowest BCUT2D eigenvalue weighted by Gasteiger charge is -2.10. The average Bonchev–Trinajstić information content (AvgIpc) is 2.53. The first-order valence-electron chi connectivity index (χ1n) is 7.12. The Kier molecular flexibility index (Phi) is 6.04. The van der Waals surface area contributed by atoms with Gasteiger partial charge in [-0.1, -0.05) is 24.3 Å². The maximum Gasteiger partial charge on any atom is 0.573 e. The highest BCUT2D eigenvalue weighted by atomic mass is 32.2. The van der Waals surface area contributed by atoms with E-state index in [0.717, 1.165) is 35.4 Å². The van der Waals surface area contributed by atoms with Crippen LogP contribution in [0.15, 0.2) is 53.4 Å². The van der Waals surface area contributed by atoms with Gasteiger partial charge >= 0.3 is 6.36 Å². The molecule has 0 bridgehead atoms. The minimum atomic E-state index is -4.83. The van der Waals surface area contributed by atoms with Crippen molar-refractivity contribution in [1.82, 2.24) is 4.72 Å². The SMILES string of the molecule is COCc1cccc(CNS(=O)(=O)c2ccc(OC(F)(F)F)cc2)c1. The van der Waals surface area contributed by atoms with Gasteiger partial charge in [0.05, 0.1) is 11.5 Å². The Labute approximate surface area is 143 Å². The van der Waals surface area contributed by atoms with E-state index in [-0.39, 0.29) is 11.4 Å². The molecule has 0 aromatic heterocycles. The molecule has 0 aliphatic heterocycles. The van der Waals surface area contributed by atoms with Crippen LogP contribution in [-0.4, -0.2) is 21.9 Å². The van der Waals surface area contributed by atoms with E-state index < -0.39 is 22.1 Å². The molecule has 0 heterocycles. The minimum Gasteiger partial charge on any atom is -0.406 e. The molecule has 0 fully saturated rings. The monoisotopic (exact) mass is 375 g/mol. The molecular weight excluding hydrogens is 359 g/mol. The standard InChI is InChI=1S/C16H16F3NO4S/c1-23-11-13-4-2-3-12(9-13)10-20-25(21,22)15-7-5-14(6-8-15)24-16(17,18)19/h2-9,20H,10-11H2,1H3. The molecule has 2 aromatic carbocycles. The topological polar surface area (TPSA) is 64.6 Å². The maximum atomic E-state index is 12.2. The first-order chi connectivity index (χ1) is 11.7. The summed E-state index contributed by atoms with van der Waals surface area (Å²) in [7, 11) is -2.31. The van der Waals surface area contributed by atoms with E-state index in [0.29, 0.717) is 6.61 Å². The first-order valence-corrected chi connectivity index (χ1v) is 8.60. The predicted molar refractivity (Wildman–Crippen MR) is 84.3 cm³/mol. The van der Waals surface area contributed by atoms with E-state index in [4.69, 9.17) is 4.74 Å². The number of halogens is 3. The molecule has 0 saturated heterocycles. The number of methoxy groups -OCH3 is 1. The van der Waals surface area contributed by atoms with Gasteiger partial charge < -0.3 is 9.47 Å². The molecule has 0 radical (unpaired) electrons. The summed E-state index contributed by atoms with van der Waals surface area (Å²) in [6, 6.07) is 11.2.